The molecule has 0 aromatic heterocycles. The Morgan fingerprint density at radius 2 is 2.00 bits per heavy atom. The smallest absolute Gasteiger partial charge is 0.237 e. The summed E-state index contributed by atoms with van der Waals surface area (Å²) < 4.78 is 18.2. The number of methoxy groups -OCH3 is 1. The molecule has 23 heavy (non-hydrogen) atoms. The van der Waals surface area contributed by atoms with Crippen LogP contribution >= 0.6 is 11.8 Å². The fourth-order valence-corrected chi connectivity index (χ4v) is 2.95. The maximum absolute atomic E-state index is 13.1. The molecule has 0 saturated carbocycles. The fourth-order valence-electron chi connectivity index (χ4n) is 2.03. The highest BCUT2D eigenvalue weighted by Crippen LogP contribution is 2.18. The predicted octanol–water partition coefficient (Wildman–Crippen LogP) is 4.14. The van der Waals surface area contributed by atoms with Gasteiger partial charge in [0.05, 0.1) is 12.4 Å². The molecule has 0 saturated heterocycles. The second kappa shape index (κ2) is 8.58. The van der Waals surface area contributed by atoms with E-state index in [-0.39, 0.29) is 17.0 Å². The zero-order valence-corrected chi connectivity index (χ0v) is 14.0. The third-order valence-corrected chi connectivity index (χ3v) is 4.53. The predicted molar refractivity (Wildman–Crippen MR) is 93.6 cm³/mol. The largest absolute Gasteiger partial charge is 0.497 e. The van der Waals surface area contributed by atoms with Crippen molar-refractivity contribution in [1.82, 2.24) is 0 Å². The molecular formula is C18H20FNO2S. The zero-order chi connectivity index (χ0) is 16.7. The maximum Gasteiger partial charge on any atom is 0.237 e. The number of hydrogen-bond donors (Lipinski definition) is 1. The molecule has 0 bridgehead atoms. The summed E-state index contributed by atoms with van der Waals surface area (Å²) in [5.41, 5.74) is 1.69. The van der Waals surface area contributed by atoms with Crippen LogP contribution < -0.4 is 10.1 Å². The van der Waals surface area contributed by atoms with Crippen molar-refractivity contribution in [2.45, 2.75) is 18.6 Å². The van der Waals surface area contributed by atoms with Crippen LogP contribution in [0.5, 0.6) is 5.75 Å². The Morgan fingerprint density at radius 3 is 2.65 bits per heavy atom. The van der Waals surface area contributed by atoms with E-state index < -0.39 is 0 Å². The van der Waals surface area contributed by atoms with Crippen LogP contribution in [0.4, 0.5) is 10.1 Å². The summed E-state index contributed by atoms with van der Waals surface area (Å²) in [4.78, 5) is 12.1. The van der Waals surface area contributed by atoms with E-state index in [4.69, 9.17) is 4.74 Å². The molecule has 1 N–H and O–H groups in total. The van der Waals surface area contributed by atoms with Gasteiger partial charge in [-0.05, 0) is 55.0 Å². The molecular weight excluding hydrogens is 313 g/mol. The number of carbonyl (C=O) groups excluding carboxylic acids is 1. The molecule has 1 amide bonds. The third kappa shape index (κ3) is 5.60. The number of rotatable bonds is 7. The molecule has 0 fully saturated rings. The number of halogens is 1. The highest BCUT2D eigenvalue weighted by atomic mass is 32.2. The normalized spacial score (nSPS) is 11.8. The van der Waals surface area contributed by atoms with E-state index in [0.29, 0.717) is 5.69 Å². The van der Waals surface area contributed by atoms with Crippen molar-refractivity contribution in [3.05, 3.63) is 59.9 Å². The van der Waals surface area contributed by atoms with E-state index in [9.17, 15) is 9.18 Å². The highest BCUT2D eigenvalue weighted by Gasteiger charge is 2.13. The molecule has 0 aliphatic rings. The number of aryl methyl sites for hydroxylation is 1. The van der Waals surface area contributed by atoms with Gasteiger partial charge in [-0.15, -0.1) is 11.8 Å². The van der Waals surface area contributed by atoms with Crippen LogP contribution in [-0.4, -0.2) is 24.0 Å². The number of nitrogens with one attached hydrogen (secondary N) is 1. The Balaban J connectivity index is 1.77. The van der Waals surface area contributed by atoms with Crippen molar-refractivity contribution in [2.75, 3.05) is 18.2 Å². The first-order valence-electron chi connectivity index (χ1n) is 7.39. The number of anilines is 1. The van der Waals surface area contributed by atoms with Crippen LogP contribution in [0.15, 0.2) is 48.5 Å². The minimum Gasteiger partial charge on any atom is -0.497 e. The molecule has 1 atom stereocenters. The van der Waals surface area contributed by atoms with E-state index >= 15 is 0 Å². The van der Waals surface area contributed by atoms with E-state index in [1.54, 1.807) is 31.0 Å². The first-order chi connectivity index (χ1) is 11.1. The van der Waals surface area contributed by atoms with Crippen molar-refractivity contribution in [2.24, 2.45) is 0 Å². The topological polar surface area (TPSA) is 38.3 Å². The monoisotopic (exact) mass is 333 g/mol. The van der Waals surface area contributed by atoms with Crippen molar-refractivity contribution in [3.63, 3.8) is 0 Å². The number of thioether (sulfide) groups is 1. The van der Waals surface area contributed by atoms with Gasteiger partial charge in [0, 0.05) is 5.69 Å². The summed E-state index contributed by atoms with van der Waals surface area (Å²) in [5.74, 6) is 1.20. The number of hydrogen-bond acceptors (Lipinski definition) is 3. The van der Waals surface area contributed by atoms with Gasteiger partial charge in [0.2, 0.25) is 5.91 Å². The summed E-state index contributed by atoms with van der Waals surface area (Å²) in [7, 11) is 1.64. The van der Waals surface area contributed by atoms with Crippen LogP contribution in [0.25, 0.3) is 0 Å². The Bertz CT molecular complexity index is 646. The maximum atomic E-state index is 13.1. The molecule has 0 aliphatic heterocycles. The van der Waals surface area contributed by atoms with E-state index in [1.165, 1.54) is 17.7 Å². The minimum atomic E-state index is -0.359. The van der Waals surface area contributed by atoms with Gasteiger partial charge in [0.1, 0.15) is 11.6 Å². The molecule has 0 spiro atoms. The molecule has 3 nitrogen and oxygen atoms in total. The Kier molecular flexibility index (Phi) is 6.47. The van der Waals surface area contributed by atoms with E-state index in [2.05, 4.69) is 5.32 Å². The summed E-state index contributed by atoms with van der Waals surface area (Å²) in [6.07, 6.45) is 0.881. The highest BCUT2D eigenvalue weighted by molar-refractivity contribution is 8.00. The number of carbonyl (C=O) groups is 1. The number of ether oxygens (including phenoxy) is 1. The lowest BCUT2D eigenvalue weighted by Crippen LogP contribution is -2.23. The summed E-state index contributed by atoms with van der Waals surface area (Å²) in [6.45, 7) is 1.85. The molecule has 122 valence electrons. The van der Waals surface area contributed by atoms with Crippen LogP contribution in [0, 0.1) is 5.82 Å². The lowest BCUT2D eigenvalue weighted by Gasteiger charge is -2.12. The third-order valence-electron chi connectivity index (χ3n) is 3.38. The number of benzene rings is 2. The molecule has 2 rings (SSSR count). The second-order valence-electron chi connectivity index (χ2n) is 5.11. The molecule has 2 aromatic rings. The molecule has 5 heteroatoms. The SMILES string of the molecule is COc1ccc(CCSC(C)C(=O)Nc2cccc(F)c2)cc1. The first kappa shape index (κ1) is 17.3. The zero-order valence-electron chi connectivity index (χ0n) is 13.2. The van der Waals surface area contributed by atoms with Crippen LogP contribution in [0.2, 0.25) is 0 Å². The summed E-state index contributed by atoms with van der Waals surface area (Å²) >= 11 is 1.58. The van der Waals surface area contributed by atoms with Crippen LogP contribution in [0.1, 0.15) is 12.5 Å². The molecule has 2 aromatic carbocycles. The second-order valence-corrected chi connectivity index (χ2v) is 6.56. The van der Waals surface area contributed by atoms with Crippen molar-refractivity contribution >= 4 is 23.4 Å². The van der Waals surface area contributed by atoms with Gasteiger partial charge < -0.3 is 10.1 Å². The quantitative estimate of drug-likeness (QED) is 0.828. The number of amides is 1. The Hall–Kier alpha value is -2.01. The van der Waals surface area contributed by atoms with Crippen LogP contribution in [-0.2, 0) is 11.2 Å². The average Bonchev–Trinajstić information content (AvgIpc) is 2.55. The van der Waals surface area contributed by atoms with Crippen molar-refractivity contribution < 1.29 is 13.9 Å². The van der Waals surface area contributed by atoms with E-state index in [1.807, 2.05) is 31.2 Å². The van der Waals surface area contributed by atoms with Gasteiger partial charge in [-0.2, -0.15) is 0 Å². The molecule has 1 unspecified atom stereocenters. The minimum absolute atomic E-state index is 0.115. The Morgan fingerprint density at radius 1 is 1.26 bits per heavy atom. The van der Waals surface area contributed by atoms with Crippen molar-refractivity contribution in [3.8, 4) is 5.75 Å². The van der Waals surface area contributed by atoms with Crippen LogP contribution in [0.3, 0.4) is 0 Å². The molecule has 0 aliphatic carbocycles. The van der Waals surface area contributed by atoms with Gasteiger partial charge >= 0.3 is 0 Å². The van der Waals surface area contributed by atoms with Gasteiger partial charge in [-0.25, -0.2) is 4.39 Å². The first-order valence-corrected chi connectivity index (χ1v) is 8.44. The van der Waals surface area contributed by atoms with Gasteiger partial charge in [0.15, 0.2) is 0 Å². The van der Waals surface area contributed by atoms with Gasteiger partial charge in [-0.3, -0.25) is 4.79 Å². The Labute approximate surface area is 140 Å². The van der Waals surface area contributed by atoms with Gasteiger partial charge in [-0.1, -0.05) is 18.2 Å². The lowest BCUT2D eigenvalue weighted by molar-refractivity contribution is -0.115. The average molecular weight is 333 g/mol. The summed E-state index contributed by atoms with van der Waals surface area (Å²) in [5, 5.41) is 2.53. The molecule has 0 radical (unpaired) electrons. The van der Waals surface area contributed by atoms with Crippen molar-refractivity contribution in [1.29, 1.82) is 0 Å². The fraction of sp³-hybridized carbons (Fsp3) is 0.278. The molecule has 0 heterocycles. The standard InChI is InChI=1S/C18H20FNO2S/c1-13(18(21)20-16-5-3-4-15(19)12-16)23-11-10-14-6-8-17(22-2)9-7-14/h3-9,12-13H,10-11H2,1-2H3,(H,20,21). The van der Waals surface area contributed by atoms with Gasteiger partial charge in [0.25, 0.3) is 0 Å². The lowest BCUT2D eigenvalue weighted by atomic mass is 10.2. The van der Waals surface area contributed by atoms with E-state index in [0.717, 1.165) is 17.9 Å². The summed E-state index contributed by atoms with van der Waals surface area (Å²) in [6, 6.07) is 13.8.